The van der Waals surface area contributed by atoms with E-state index in [-0.39, 0.29) is 6.61 Å². The second-order valence-corrected chi connectivity index (χ2v) is 2.05. The first-order valence-corrected chi connectivity index (χ1v) is 3.06. The summed E-state index contributed by atoms with van der Waals surface area (Å²) < 4.78 is 0. The van der Waals surface area contributed by atoms with E-state index in [4.69, 9.17) is 5.11 Å². The molecule has 0 aliphatic heterocycles. The summed E-state index contributed by atoms with van der Waals surface area (Å²) in [5.41, 5.74) is 1.46. The van der Waals surface area contributed by atoms with Crippen molar-refractivity contribution in [2.75, 3.05) is 13.2 Å². The minimum Gasteiger partial charge on any atom is -0.396 e. The SMILES string of the molecule is CC(CO)CNC=S. The Morgan fingerprint density at radius 3 is 2.88 bits per heavy atom. The van der Waals surface area contributed by atoms with Gasteiger partial charge in [-0.2, -0.15) is 0 Å². The first-order valence-electron chi connectivity index (χ1n) is 2.59. The van der Waals surface area contributed by atoms with Crippen molar-refractivity contribution >= 4 is 17.7 Å². The average molecular weight is 133 g/mol. The molecule has 0 bridgehead atoms. The molecule has 0 saturated carbocycles. The van der Waals surface area contributed by atoms with Gasteiger partial charge in [-0.15, -0.1) is 0 Å². The van der Waals surface area contributed by atoms with Crippen molar-refractivity contribution in [1.82, 2.24) is 5.32 Å². The van der Waals surface area contributed by atoms with Crippen molar-refractivity contribution in [1.29, 1.82) is 0 Å². The van der Waals surface area contributed by atoms with E-state index in [0.29, 0.717) is 5.92 Å². The summed E-state index contributed by atoms with van der Waals surface area (Å²) in [5.74, 6) is 0.300. The molecule has 0 fully saturated rings. The highest BCUT2D eigenvalue weighted by atomic mass is 32.1. The fourth-order valence-corrected chi connectivity index (χ4v) is 0.410. The van der Waals surface area contributed by atoms with E-state index in [1.807, 2.05) is 6.92 Å². The van der Waals surface area contributed by atoms with Gasteiger partial charge in [0.05, 0.1) is 5.49 Å². The molecule has 0 radical (unpaired) electrons. The molecule has 0 aliphatic carbocycles. The highest BCUT2D eigenvalue weighted by Gasteiger charge is 1.94. The fraction of sp³-hybridized carbons (Fsp3) is 0.800. The molecule has 0 aromatic heterocycles. The Labute approximate surface area is 54.9 Å². The lowest BCUT2D eigenvalue weighted by Gasteiger charge is -2.04. The summed E-state index contributed by atoms with van der Waals surface area (Å²) in [7, 11) is 0. The van der Waals surface area contributed by atoms with Crippen LogP contribution in [0.15, 0.2) is 0 Å². The maximum atomic E-state index is 8.47. The van der Waals surface area contributed by atoms with Gasteiger partial charge in [-0.1, -0.05) is 19.1 Å². The van der Waals surface area contributed by atoms with Crippen LogP contribution in [0.4, 0.5) is 0 Å². The molecule has 2 nitrogen and oxygen atoms in total. The van der Waals surface area contributed by atoms with E-state index < -0.39 is 0 Å². The van der Waals surface area contributed by atoms with Crippen LogP contribution < -0.4 is 5.32 Å². The molecule has 2 N–H and O–H groups in total. The maximum Gasteiger partial charge on any atom is 0.0614 e. The van der Waals surface area contributed by atoms with Crippen LogP contribution in [0.25, 0.3) is 0 Å². The van der Waals surface area contributed by atoms with Crippen molar-refractivity contribution in [2.45, 2.75) is 6.92 Å². The number of aliphatic hydroxyl groups is 1. The molecule has 0 aromatic carbocycles. The quantitative estimate of drug-likeness (QED) is 0.536. The van der Waals surface area contributed by atoms with Crippen LogP contribution in [0.5, 0.6) is 0 Å². The molecule has 1 atom stereocenters. The van der Waals surface area contributed by atoms with Gasteiger partial charge < -0.3 is 10.4 Å². The summed E-state index contributed by atoms with van der Waals surface area (Å²) in [4.78, 5) is 0. The lowest BCUT2D eigenvalue weighted by Crippen LogP contribution is -2.20. The molecule has 48 valence electrons. The molecule has 1 unspecified atom stereocenters. The van der Waals surface area contributed by atoms with Crippen molar-refractivity contribution in [3.05, 3.63) is 0 Å². The smallest absolute Gasteiger partial charge is 0.0614 e. The zero-order chi connectivity index (χ0) is 6.41. The van der Waals surface area contributed by atoms with Crippen LogP contribution >= 0.6 is 12.2 Å². The van der Waals surface area contributed by atoms with E-state index in [0.717, 1.165) is 6.54 Å². The largest absolute Gasteiger partial charge is 0.396 e. The number of hydrogen-bond acceptors (Lipinski definition) is 2. The Morgan fingerprint density at radius 2 is 2.50 bits per heavy atom. The third-order valence-electron chi connectivity index (χ3n) is 0.861. The van der Waals surface area contributed by atoms with Crippen LogP contribution in [0.2, 0.25) is 0 Å². The van der Waals surface area contributed by atoms with Gasteiger partial charge >= 0.3 is 0 Å². The van der Waals surface area contributed by atoms with E-state index in [9.17, 15) is 0 Å². The predicted molar refractivity (Wildman–Crippen MR) is 37.9 cm³/mol. The standard InChI is InChI=1S/C5H11NOS/c1-5(3-7)2-6-4-8/h4-5,7H,2-3H2,1H3,(H,6,8). The third-order valence-corrected chi connectivity index (χ3v) is 1.03. The second kappa shape index (κ2) is 5.00. The number of hydrogen-bond donors (Lipinski definition) is 2. The van der Waals surface area contributed by atoms with Crippen LogP contribution in [0.1, 0.15) is 6.92 Å². The predicted octanol–water partition coefficient (Wildman–Crippen LogP) is 0.162. The monoisotopic (exact) mass is 133 g/mol. The topological polar surface area (TPSA) is 32.3 Å². The normalized spacial score (nSPS) is 12.8. The Balaban J connectivity index is 2.97. The maximum absolute atomic E-state index is 8.47. The van der Waals surface area contributed by atoms with Gasteiger partial charge in [0.15, 0.2) is 0 Å². The second-order valence-electron chi connectivity index (χ2n) is 1.81. The minimum atomic E-state index is 0.218. The molecule has 0 aromatic rings. The van der Waals surface area contributed by atoms with Gasteiger partial charge in [-0.05, 0) is 5.92 Å². The third kappa shape index (κ3) is 4.02. The number of rotatable bonds is 4. The van der Waals surface area contributed by atoms with E-state index in [2.05, 4.69) is 17.5 Å². The summed E-state index contributed by atoms with van der Waals surface area (Å²) >= 11 is 4.50. The Bertz CT molecular complexity index is 67.4. The van der Waals surface area contributed by atoms with Crippen LogP contribution in [0, 0.1) is 5.92 Å². The summed E-state index contributed by atoms with van der Waals surface area (Å²) in [6, 6.07) is 0. The first kappa shape index (κ1) is 7.85. The van der Waals surface area contributed by atoms with Gasteiger partial charge in [-0.25, -0.2) is 0 Å². The first-order chi connectivity index (χ1) is 3.81. The average Bonchev–Trinajstić information content (AvgIpc) is 1.83. The van der Waals surface area contributed by atoms with Crippen LogP contribution in [-0.2, 0) is 0 Å². The fourth-order valence-electron chi connectivity index (χ4n) is 0.314. The highest BCUT2D eigenvalue weighted by Crippen LogP contribution is 1.86. The van der Waals surface area contributed by atoms with Gasteiger partial charge in [0, 0.05) is 13.2 Å². The van der Waals surface area contributed by atoms with E-state index in [1.165, 1.54) is 5.49 Å². The highest BCUT2D eigenvalue weighted by molar-refractivity contribution is 7.78. The number of thiocarbonyl (C=S) groups is 1. The molecule has 0 rings (SSSR count). The van der Waals surface area contributed by atoms with Gasteiger partial charge in [-0.3, -0.25) is 0 Å². The van der Waals surface area contributed by atoms with Gasteiger partial charge in [0.1, 0.15) is 0 Å². The number of nitrogens with one attached hydrogen (secondary N) is 1. The molecular weight excluding hydrogens is 122 g/mol. The summed E-state index contributed by atoms with van der Waals surface area (Å²) in [5, 5.41) is 11.3. The van der Waals surface area contributed by atoms with Crippen molar-refractivity contribution in [3.8, 4) is 0 Å². The van der Waals surface area contributed by atoms with Crippen LogP contribution in [0.3, 0.4) is 0 Å². The molecule has 0 spiro atoms. The Hall–Kier alpha value is -0.150. The molecule has 0 aliphatic rings. The van der Waals surface area contributed by atoms with Crippen LogP contribution in [-0.4, -0.2) is 23.7 Å². The van der Waals surface area contributed by atoms with Crippen molar-refractivity contribution < 1.29 is 5.11 Å². The summed E-state index contributed by atoms with van der Waals surface area (Å²) in [6.07, 6.45) is 0. The van der Waals surface area contributed by atoms with Crippen molar-refractivity contribution in [2.24, 2.45) is 5.92 Å². The molecule has 3 heteroatoms. The summed E-state index contributed by atoms with van der Waals surface area (Å²) in [6.45, 7) is 2.93. The molecular formula is C5H11NOS. The molecule has 0 saturated heterocycles. The van der Waals surface area contributed by atoms with Gasteiger partial charge in [0.25, 0.3) is 0 Å². The molecule has 8 heavy (non-hydrogen) atoms. The Morgan fingerprint density at radius 1 is 1.88 bits per heavy atom. The number of aliphatic hydroxyl groups excluding tert-OH is 1. The zero-order valence-corrected chi connectivity index (χ0v) is 5.74. The molecule has 0 amide bonds. The van der Waals surface area contributed by atoms with E-state index >= 15 is 0 Å². The van der Waals surface area contributed by atoms with E-state index in [1.54, 1.807) is 0 Å². The molecule has 0 heterocycles. The lowest BCUT2D eigenvalue weighted by molar-refractivity contribution is 0.238. The van der Waals surface area contributed by atoms with Gasteiger partial charge in [0.2, 0.25) is 0 Å². The van der Waals surface area contributed by atoms with Crippen molar-refractivity contribution in [3.63, 3.8) is 0 Å². The lowest BCUT2D eigenvalue weighted by atomic mass is 10.2. The Kier molecular flexibility index (Phi) is 4.90. The minimum absolute atomic E-state index is 0.218. The zero-order valence-electron chi connectivity index (χ0n) is 4.92.